The number of carbonyl (C=O) groups excluding carboxylic acids is 4. The highest BCUT2D eigenvalue weighted by Crippen LogP contribution is 2.31. The molecule has 2 fully saturated rings. The van der Waals surface area contributed by atoms with Crippen LogP contribution in [0.25, 0.3) is 10.9 Å². The largest absolute Gasteiger partial charge is 0.489 e. The fourth-order valence-electron chi connectivity index (χ4n) is 5.21. The summed E-state index contributed by atoms with van der Waals surface area (Å²) in [6.45, 7) is 2.39. The molecular formula is C27H24N4O5. The number of piperidine rings is 1. The van der Waals surface area contributed by atoms with Gasteiger partial charge in [-0.05, 0) is 48.7 Å². The van der Waals surface area contributed by atoms with E-state index in [1.54, 1.807) is 18.2 Å². The smallest absolute Gasteiger partial charge is 0.262 e. The van der Waals surface area contributed by atoms with E-state index >= 15 is 0 Å². The molecule has 2 aromatic carbocycles. The molecule has 1 unspecified atom stereocenters. The molecule has 0 saturated carbocycles. The van der Waals surface area contributed by atoms with Gasteiger partial charge in [-0.1, -0.05) is 18.2 Å². The molecule has 0 radical (unpaired) electrons. The number of rotatable bonds is 5. The number of nitrogens with zero attached hydrogens (tertiary/aromatic N) is 3. The molecule has 9 nitrogen and oxygen atoms in total. The number of ether oxygens (including phenoxy) is 1. The van der Waals surface area contributed by atoms with Gasteiger partial charge in [-0.3, -0.25) is 39.3 Å². The monoisotopic (exact) mass is 484 g/mol. The van der Waals surface area contributed by atoms with Crippen LogP contribution in [0, 0.1) is 0 Å². The van der Waals surface area contributed by atoms with Gasteiger partial charge < -0.3 is 4.74 Å². The zero-order valence-corrected chi connectivity index (χ0v) is 19.5. The first-order valence-electron chi connectivity index (χ1n) is 12.0. The maximum absolute atomic E-state index is 13.0. The van der Waals surface area contributed by atoms with Gasteiger partial charge in [0, 0.05) is 37.6 Å². The number of imide groups is 2. The molecule has 1 aromatic heterocycles. The van der Waals surface area contributed by atoms with Crippen LogP contribution in [0.5, 0.6) is 5.75 Å². The van der Waals surface area contributed by atoms with Crippen LogP contribution in [0.1, 0.15) is 45.5 Å². The van der Waals surface area contributed by atoms with Crippen molar-refractivity contribution < 1.29 is 23.9 Å². The quantitative estimate of drug-likeness (QED) is 0.554. The number of carbonyl (C=O) groups is 4. The second-order valence-electron chi connectivity index (χ2n) is 9.45. The van der Waals surface area contributed by atoms with E-state index < -0.39 is 29.7 Å². The van der Waals surface area contributed by atoms with E-state index in [0.29, 0.717) is 5.75 Å². The number of amides is 4. The van der Waals surface area contributed by atoms with Crippen molar-refractivity contribution in [2.24, 2.45) is 0 Å². The molecule has 3 aliphatic heterocycles. The Morgan fingerprint density at radius 1 is 0.972 bits per heavy atom. The topological polar surface area (TPSA) is 109 Å². The summed E-state index contributed by atoms with van der Waals surface area (Å²) < 4.78 is 6.17. The number of hydrogen-bond donors (Lipinski definition) is 1. The minimum Gasteiger partial charge on any atom is -0.489 e. The Bertz CT molecular complexity index is 1420. The van der Waals surface area contributed by atoms with Crippen LogP contribution in [0.2, 0.25) is 0 Å². The SMILES string of the molecule is O=C1CCC(N2C(=O)c3ccc(O[C@H]4CCN(Cc5cnc6ccccc6c5)C4)cc3C2=O)C(=O)N1. The maximum atomic E-state index is 13.0. The molecule has 36 heavy (non-hydrogen) atoms. The van der Waals surface area contributed by atoms with Gasteiger partial charge >= 0.3 is 0 Å². The first-order chi connectivity index (χ1) is 17.5. The third-order valence-corrected chi connectivity index (χ3v) is 7.00. The lowest BCUT2D eigenvalue weighted by molar-refractivity contribution is -0.136. The zero-order chi connectivity index (χ0) is 24.8. The predicted octanol–water partition coefficient (Wildman–Crippen LogP) is 2.29. The highest BCUT2D eigenvalue weighted by Gasteiger charge is 2.44. The Kier molecular flexibility index (Phi) is 5.49. The Balaban J connectivity index is 1.11. The molecule has 0 spiro atoms. The summed E-state index contributed by atoms with van der Waals surface area (Å²) in [4.78, 5) is 57.4. The Labute approximate surface area is 207 Å². The molecule has 4 heterocycles. The second-order valence-corrected chi connectivity index (χ2v) is 9.45. The number of para-hydroxylation sites is 1. The van der Waals surface area contributed by atoms with Crippen LogP contribution >= 0.6 is 0 Å². The van der Waals surface area contributed by atoms with E-state index in [-0.39, 0.29) is 30.1 Å². The lowest BCUT2D eigenvalue weighted by atomic mass is 10.0. The van der Waals surface area contributed by atoms with Crippen LogP contribution in [0.4, 0.5) is 0 Å². The number of benzene rings is 2. The first kappa shape index (κ1) is 22.4. The van der Waals surface area contributed by atoms with Gasteiger partial charge in [0.15, 0.2) is 0 Å². The van der Waals surface area contributed by atoms with Gasteiger partial charge in [0.05, 0.1) is 16.6 Å². The van der Waals surface area contributed by atoms with E-state index in [0.717, 1.165) is 47.4 Å². The molecule has 4 amide bonds. The van der Waals surface area contributed by atoms with Crippen molar-refractivity contribution in [2.75, 3.05) is 13.1 Å². The van der Waals surface area contributed by atoms with Crippen LogP contribution in [0.15, 0.2) is 54.7 Å². The minimum absolute atomic E-state index is 0.0464. The number of fused-ring (bicyclic) bond motifs is 2. The van der Waals surface area contributed by atoms with E-state index in [2.05, 4.69) is 27.3 Å². The second kappa shape index (κ2) is 8.83. The van der Waals surface area contributed by atoms with Gasteiger partial charge in [-0.25, -0.2) is 0 Å². The maximum Gasteiger partial charge on any atom is 0.262 e. The third kappa shape index (κ3) is 4.01. The van der Waals surface area contributed by atoms with E-state index in [4.69, 9.17) is 4.74 Å². The average Bonchev–Trinajstić information content (AvgIpc) is 3.41. The standard InChI is InChI=1S/C27H24N4O5/c32-24-8-7-23(25(33)29-24)31-26(34)20-6-5-18(12-21(20)27(31)35)36-19-9-10-30(15-19)14-16-11-17-3-1-2-4-22(17)28-13-16/h1-6,11-13,19,23H,7-10,14-15H2,(H,29,32,33)/t19-,23?/m0/s1. The van der Waals surface area contributed by atoms with Crippen molar-refractivity contribution in [3.05, 3.63) is 71.4 Å². The van der Waals surface area contributed by atoms with E-state index in [1.165, 1.54) is 0 Å². The first-order valence-corrected chi connectivity index (χ1v) is 12.0. The van der Waals surface area contributed by atoms with Crippen molar-refractivity contribution >= 4 is 34.5 Å². The summed E-state index contributed by atoms with van der Waals surface area (Å²) >= 11 is 0. The summed E-state index contributed by atoms with van der Waals surface area (Å²) in [5.74, 6) is -1.56. The van der Waals surface area contributed by atoms with Gasteiger partial charge in [-0.15, -0.1) is 0 Å². The Hall–Kier alpha value is -4.11. The van der Waals surface area contributed by atoms with Gasteiger partial charge in [0.2, 0.25) is 11.8 Å². The van der Waals surface area contributed by atoms with Crippen molar-refractivity contribution in [2.45, 2.75) is 38.0 Å². The van der Waals surface area contributed by atoms with Crippen molar-refractivity contribution in [1.82, 2.24) is 20.1 Å². The number of likely N-dealkylation sites (tertiary alicyclic amines) is 1. The highest BCUT2D eigenvalue weighted by atomic mass is 16.5. The zero-order valence-electron chi connectivity index (χ0n) is 19.5. The van der Waals surface area contributed by atoms with Crippen LogP contribution in [-0.2, 0) is 16.1 Å². The van der Waals surface area contributed by atoms with Gasteiger partial charge in [0.25, 0.3) is 11.8 Å². The van der Waals surface area contributed by atoms with Crippen molar-refractivity contribution in [1.29, 1.82) is 0 Å². The number of hydrogen-bond acceptors (Lipinski definition) is 7. The predicted molar refractivity (Wildman–Crippen MR) is 129 cm³/mol. The normalized spacial score (nSPS) is 22.3. The number of pyridine rings is 1. The summed E-state index contributed by atoms with van der Waals surface area (Å²) in [5, 5.41) is 3.32. The molecule has 9 heteroatoms. The fraction of sp³-hybridized carbons (Fsp3) is 0.296. The minimum atomic E-state index is -0.979. The molecule has 3 aromatic rings. The molecule has 1 N–H and O–H groups in total. The van der Waals surface area contributed by atoms with Crippen LogP contribution in [-0.4, -0.2) is 63.6 Å². The Morgan fingerprint density at radius 2 is 1.81 bits per heavy atom. The van der Waals surface area contributed by atoms with Crippen molar-refractivity contribution in [3.63, 3.8) is 0 Å². The summed E-state index contributed by atoms with van der Waals surface area (Å²) in [7, 11) is 0. The molecule has 0 bridgehead atoms. The average molecular weight is 485 g/mol. The molecule has 6 rings (SSSR count). The molecular weight excluding hydrogens is 460 g/mol. The van der Waals surface area contributed by atoms with E-state index in [9.17, 15) is 19.2 Å². The molecule has 2 saturated heterocycles. The van der Waals surface area contributed by atoms with Crippen LogP contribution < -0.4 is 10.1 Å². The highest BCUT2D eigenvalue weighted by molar-refractivity contribution is 6.23. The summed E-state index contributed by atoms with van der Waals surface area (Å²) in [6.07, 6.45) is 2.92. The fourth-order valence-corrected chi connectivity index (χ4v) is 5.21. The van der Waals surface area contributed by atoms with E-state index in [1.807, 2.05) is 24.4 Å². The molecule has 3 aliphatic rings. The number of aromatic nitrogens is 1. The lowest BCUT2D eigenvalue weighted by Gasteiger charge is -2.27. The summed E-state index contributed by atoms with van der Waals surface area (Å²) in [6, 6.07) is 14.1. The Morgan fingerprint density at radius 3 is 2.67 bits per heavy atom. The van der Waals surface area contributed by atoms with Crippen molar-refractivity contribution in [3.8, 4) is 5.75 Å². The molecule has 182 valence electrons. The third-order valence-electron chi connectivity index (χ3n) is 7.00. The number of nitrogens with one attached hydrogen (secondary N) is 1. The molecule has 0 aliphatic carbocycles. The summed E-state index contributed by atoms with van der Waals surface area (Å²) in [5.41, 5.74) is 2.59. The van der Waals surface area contributed by atoms with Gasteiger partial charge in [-0.2, -0.15) is 0 Å². The molecule has 2 atom stereocenters. The lowest BCUT2D eigenvalue weighted by Crippen LogP contribution is -2.54. The van der Waals surface area contributed by atoms with Crippen LogP contribution in [0.3, 0.4) is 0 Å². The van der Waals surface area contributed by atoms with Gasteiger partial charge in [0.1, 0.15) is 17.9 Å².